The number of hydrogen-bond acceptors (Lipinski definition) is 3. The Morgan fingerprint density at radius 1 is 1.22 bits per heavy atom. The summed E-state index contributed by atoms with van der Waals surface area (Å²) in [4.78, 5) is 26.0. The number of amides is 1. The summed E-state index contributed by atoms with van der Waals surface area (Å²) in [5, 5.41) is 2.33. The zero-order valence-corrected chi connectivity index (χ0v) is 14.0. The first kappa shape index (κ1) is 21.3. The summed E-state index contributed by atoms with van der Waals surface area (Å²) in [6, 6.07) is 2.38. The Kier molecular flexibility index (Phi) is 6.55. The highest BCUT2D eigenvalue weighted by Crippen LogP contribution is 2.41. The minimum Gasteiger partial charge on any atom is -0.377 e. The largest absolute Gasteiger partial charge is 0.391 e. The molecule has 1 fully saturated rings. The van der Waals surface area contributed by atoms with Crippen LogP contribution in [0, 0.1) is 11.8 Å². The maximum Gasteiger partial charge on any atom is 0.391 e. The molecule has 1 aromatic rings. The van der Waals surface area contributed by atoms with Gasteiger partial charge < -0.3 is 15.0 Å². The van der Waals surface area contributed by atoms with Crippen molar-refractivity contribution in [1.82, 2.24) is 4.98 Å². The topological polar surface area (TPSA) is 71.2 Å². The lowest BCUT2D eigenvalue weighted by molar-refractivity contribution is -0.197. The number of anilines is 1. The first-order valence-corrected chi connectivity index (χ1v) is 8.20. The van der Waals surface area contributed by atoms with Gasteiger partial charge in [-0.25, -0.2) is 0 Å². The van der Waals surface area contributed by atoms with Crippen LogP contribution in [0.3, 0.4) is 0 Å². The van der Waals surface area contributed by atoms with Crippen molar-refractivity contribution in [2.75, 3.05) is 11.9 Å². The van der Waals surface area contributed by atoms with Gasteiger partial charge >= 0.3 is 12.4 Å². The lowest BCUT2D eigenvalue weighted by atomic mass is 9.78. The second-order valence-electron chi connectivity index (χ2n) is 6.36. The van der Waals surface area contributed by atoms with Crippen molar-refractivity contribution >= 4 is 11.6 Å². The SMILES string of the molecule is O=C(Nc1cc[nH]c(=O)c1)C1CC(C(F)(F)F)CCC1OCCC(F)(F)F. The summed E-state index contributed by atoms with van der Waals surface area (Å²) in [7, 11) is 0. The van der Waals surface area contributed by atoms with Gasteiger partial charge in [0.2, 0.25) is 11.5 Å². The van der Waals surface area contributed by atoms with Crippen molar-refractivity contribution in [3.63, 3.8) is 0 Å². The Hall–Kier alpha value is -2.04. The van der Waals surface area contributed by atoms with Crippen molar-refractivity contribution < 1.29 is 35.9 Å². The molecule has 1 heterocycles. The second-order valence-corrected chi connectivity index (χ2v) is 6.36. The molecule has 2 N–H and O–H groups in total. The quantitative estimate of drug-likeness (QED) is 0.742. The highest BCUT2D eigenvalue weighted by Gasteiger charge is 2.47. The normalized spacial score (nSPS) is 23.9. The van der Waals surface area contributed by atoms with Crippen molar-refractivity contribution in [2.45, 2.75) is 44.1 Å². The fourth-order valence-electron chi connectivity index (χ4n) is 3.00. The van der Waals surface area contributed by atoms with Crippen LogP contribution in [-0.4, -0.2) is 36.0 Å². The molecular weight excluding hydrogens is 382 g/mol. The summed E-state index contributed by atoms with van der Waals surface area (Å²) in [5.41, 5.74) is -0.450. The lowest BCUT2D eigenvalue weighted by Crippen LogP contribution is -2.43. The van der Waals surface area contributed by atoms with Gasteiger partial charge in [0.15, 0.2) is 0 Å². The third kappa shape index (κ3) is 6.56. The number of H-pyrrole nitrogens is 1. The van der Waals surface area contributed by atoms with Crippen LogP contribution in [0.2, 0.25) is 0 Å². The molecule has 0 bridgehead atoms. The van der Waals surface area contributed by atoms with Crippen molar-refractivity contribution in [1.29, 1.82) is 0 Å². The number of hydrogen-bond donors (Lipinski definition) is 2. The highest BCUT2D eigenvalue weighted by molar-refractivity contribution is 5.92. The molecule has 5 nitrogen and oxygen atoms in total. The summed E-state index contributed by atoms with van der Waals surface area (Å²) in [6.07, 6.45) is -11.2. The first-order chi connectivity index (χ1) is 12.5. The molecule has 0 aromatic carbocycles. The molecule has 1 saturated carbocycles. The van der Waals surface area contributed by atoms with E-state index in [4.69, 9.17) is 4.74 Å². The number of carbonyl (C=O) groups excluding carboxylic acids is 1. The molecule has 0 aliphatic heterocycles. The molecule has 11 heteroatoms. The summed E-state index contributed by atoms with van der Waals surface area (Å²) >= 11 is 0. The average molecular weight is 400 g/mol. The van der Waals surface area contributed by atoms with Gasteiger partial charge in [-0.1, -0.05) is 0 Å². The molecule has 1 aromatic heterocycles. The Morgan fingerprint density at radius 3 is 2.52 bits per heavy atom. The van der Waals surface area contributed by atoms with Gasteiger partial charge in [0.05, 0.1) is 31.0 Å². The highest BCUT2D eigenvalue weighted by atomic mass is 19.4. The van der Waals surface area contributed by atoms with E-state index in [1.165, 1.54) is 12.3 Å². The van der Waals surface area contributed by atoms with Gasteiger partial charge in [-0.3, -0.25) is 9.59 Å². The Balaban J connectivity index is 2.10. The van der Waals surface area contributed by atoms with Crippen LogP contribution in [0.5, 0.6) is 0 Å². The molecule has 3 atom stereocenters. The Bertz CT molecular complexity index is 698. The summed E-state index contributed by atoms with van der Waals surface area (Å²) in [5.74, 6) is -3.85. The van der Waals surface area contributed by atoms with E-state index in [0.717, 1.165) is 6.07 Å². The van der Waals surface area contributed by atoms with Crippen LogP contribution in [0.1, 0.15) is 25.7 Å². The summed E-state index contributed by atoms with van der Waals surface area (Å²) < 4.78 is 81.0. The number of alkyl halides is 6. The molecule has 3 unspecified atom stereocenters. The van der Waals surface area contributed by atoms with Gasteiger partial charge in [-0.2, -0.15) is 26.3 Å². The van der Waals surface area contributed by atoms with Crippen molar-refractivity contribution in [3.05, 3.63) is 28.7 Å². The van der Waals surface area contributed by atoms with E-state index < -0.39 is 61.2 Å². The zero-order chi connectivity index (χ0) is 20.2. The van der Waals surface area contributed by atoms with Crippen LogP contribution >= 0.6 is 0 Å². The van der Waals surface area contributed by atoms with Gasteiger partial charge in [0, 0.05) is 18.0 Å². The molecular formula is C16H18F6N2O3. The lowest BCUT2D eigenvalue weighted by Gasteiger charge is -2.36. The van der Waals surface area contributed by atoms with Crippen molar-refractivity contribution in [2.24, 2.45) is 11.8 Å². The van der Waals surface area contributed by atoms with E-state index in [-0.39, 0.29) is 18.5 Å². The van der Waals surface area contributed by atoms with E-state index in [9.17, 15) is 35.9 Å². The van der Waals surface area contributed by atoms with Crippen molar-refractivity contribution in [3.8, 4) is 0 Å². The minimum absolute atomic E-state index is 0.0759. The van der Waals surface area contributed by atoms with Crippen LogP contribution in [0.15, 0.2) is 23.1 Å². The number of pyridine rings is 1. The molecule has 2 rings (SSSR count). The molecule has 1 amide bonds. The van der Waals surface area contributed by atoms with Crippen LogP contribution in [0.4, 0.5) is 32.0 Å². The maximum absolute atomic E-state index is 13.0. The van der Waals surface area contributed by atoms with Gasteiger partial charge in [-0.15, -0.1) is 0 Å². The van der Waals surface area contributed by atoms with Crippen LogP contribution < -0.4 is 10.9 Å². The number of rotatable bonds is 5. The maximum atomic E-state index is 13.0. The first-order valence-electron chi connectivity index (χ1n) is 8.20. The standard InChI is InChI=1S/C16H18F6N2O3/c17-15(18,19)4-6-27-12-2-1-9(16(20,21)22)7-11(12)14(26)24-10-3-5-23-13(25)8-10/h3,5,8-9,11-12H,1-2,4,6-7H2,(H2,23,24,25,26). The van der Waals surface area contributed by atoms with E-state index in [1.807, 2.05) is 0 Å². The predicted molar refractivity (Wildman–Crippen MR) is 83.0 cm³/mol. The minimum atomic E-state index is -4.51. The number of carbonyl (C=O) groups is 1. The number of nitrogens with one attached hydrogen (secondary N) is 2. The van der Waals surface area contributed by atoms with E-state index >= 15 is 0 Å². The number of halogens is 6. The number of ether oxygens (including phenoxy) is 1. The summed E-state index contributed by atoms with van der Waals surface area (Å²) in [6.45, 7) is -0.736. The smallest absolute Gasteiger partial charge is 0.377 e. The van der Waals surface area contributed by atoms with Gasteiger partial charge in [0.25, 0.3) is 0 Å². The third-order valence-corrected chi connectivity index (χ3v) is 4.35. The monoisotopic (exact) mass is 400 g/mol. The van der Waals surface area contributed by atoms with Gasteiger partial charge in [-0.05, 0) is 25.3 Å². The third-order valence-electron chi connectivity index (χ3n) is 4.35. The average Bonchev–Trinajstić information content (AvgIpc) is 2.52. The number of aromatic amines is 1. The van der Waals surface area contributed by atoms with Gasteiger partial charge in [0.1, 0.15) is 0 Å². The fourth-order valence-corrected chi connectivity index (χ4v) is 3.00. The fraction of sp³-hybridized carbons (Fsp3) is 0.625. The molecule has 152 valence electrons. The van der Waals surface area contributed by atoms with E-state index in [1.54, 1.807) is 0 Å². The van der Waals surface area contributed by atoms with Crippen LogP contribution in [-0.2, 0) is 9.53 Å². The molecule has 0 spiro atoms. The molecule has 1 aliphatic carbocycles. The zero-order valence-electron chi connectivity index (χ0n) is 14.0. The second kappa shape index (κ2) is 8.32. The molecule has 0 radical (unpaired) electrons. The van der Waals surface area contributed by atoms with E-state index in [0.29, 0.717) is 0 Å². The van der Waals surface area contributed by atoms with E-state index in [2.05, 4.69) is 10.3 Å². The Labute approximate surface area is 150 Å². The Morgan fingerprint density at radius 2 is 1.93 bits per heavy atom. The number of aromatic nitrogens is 1. The molecule has 0 saturated heterocycles. The van der Waals surface area contributed by atoms with Crippen LogP contribution in [0.25, 0.3) is 0 Å². The predicted octanol–water partition coefficient (Wildman–Crippen LogP) is 3.63. The molecule has 27 heavy (non-hydrogen) atoms. The molecule has 1 aliphatic rings.